The van der Waals surface area contributed by atoms with E-state index in [9.17, 15) is 4.79 Å². The van der Waals surface area contributed by atoms with Gasteiger partial charge in [-0.05, 0) is 39.3 Å². The van der Waals surface area contributed by atoms with Crippen molar-refractivity contribution in [2.24, 2.45) is 5.41 Å². The molecule has 2 rings (SSSR count). The third-order valence-electron chi connectivity index (χ3n) is 3.57. The van der Waals surface area contributed by atoms with Crippen LogP contribution in [0.3, 0.4) is 0 Å². The molecule has 4 nitrogen and oxygen atoms in total. The fraction of sp³-hybridized carbons (Fsp3) is 0.818. The van der Waals surface area contributed by atoms with E-state index in [-0.39, 0.29) is 5.91 Å². The van der Waals surface area contributed by atoms with Crippen LogP contribution in [0.4, 0.5) is 0 Å². The lowest BCUT2D eigenvalue weighted by atomic mass is 10.1. The molecule has 4 heteroatoms. The Balaban J connectivity index is 1.79. The van der Waals surface area contributed by atoms with Gasteiger partial charge in [-0.3, -0.25) is 4.79 Å². The van der Waals surface area contributed by atoms with Crippen LogP contribution in [0, 0.1) is 16.7 Å². The van der Waals surface area contributed by atoms with E-state index in [1.807, 2.05) is 0 Å². The van der Waals surface area contributed by atoms with Crippen molar-refractivity contribution in [2.75, 3.05) is 20.1 Å². The molecule has 1 heterocycles. The Morgan fingerprint density at radius 3 is 2.87 bits per heavy atom. The minimum atomic E-state index is -0.669. The van der Waals surface area contributed by atoms with Crippen molar-refractivity contribution in [2.45, 2.75) is 31.7 Å². The van der Waals surface area contributed by atoms with Gasteiger partial charge in [0.15, 0.2) is 0 Å². The second-order valence-corrected chi connectivity index (χ2v) is 4.68. The number of nitrogens with zero attached hydrogens (tertiary/aromatic N) is 2. The summed E-state index contributed by atoms with van der Waals surface area (Å²) in [5, 5.41) is 11.8. The highest BCUT2D eigenvalue weighted by atomic mass is 16.2. The fourth-order valence-electron chi connectivity index (χ4n) is 2.13. The van der Waals surface area contributed by atoms with Crippen LogP contribution in [0.15, 0.2) is 0 Å². The molecule has 0 aromatic rings. The first-order valence-corrected chi connectivity index (χ1v) is 5.58. The molecule has 0 radical (unpaired) electrons. The molecule has 0 spiro atoms. The van der Waals surface area contributed by atoms with E-state index in [1.165, 1.54) is 6.42 Å². The Labute approximate surface area is 90.2 Å². The van der Waals surface area contributed by atoms with Crippen molar-refractivity contribution in [1.29, 1.82) is 5.26 Å². The molecular formula is C11H17N3O. The van der Waals surface area contributed by atoms with Gasteiger partial charge in [0, 0.05) is 12.6 Å². The third-order valence-corrected chi connectivity index (χ3v) is 3.57. The summed E-state index contributed by atoms with van der Waals surface area (Å²) in [6.45, 7) is 1.81. The van der Waals surface area contributed by atoms with Crippen molar-refractivity contribution in [3.05, 3.63) is 0 Å². The first-order valence-electron chi connectivity index (χ1n) is 5.58. The first kappa shape index (κ1) is 10.4. The zero-order chi connectivity index (χ0) is 10.9. The molecule has 1 amide bonds. The SMILES string of the molecule is CN1CCCC1CNC(=O)C1(C#N)CC1. The lowest BCUT2D eigenvalue weighted by Crippen LogP contribution is -2.41. The van der Waals surface area contributed by atoms with Gasteiger partial charge in [-0.25, -0.2) is 0 Å². The van der Waals surface area contributed by atoms with E-state index in [4.69, 9.17) is 5.26 Å². The number of likely N-dealkylation sites (tertiary alicyclic amines) is 1. The van der Waals surface area contributed by atoms with E-state index < -0.39 is 5.41 Å². The van der Waals surface area contributed by atoms with Gasteiger partial charge < -0.3 is 10.2 Å². The molecule has 1 atom stereocenters. The minimum Gasteiger partial charge on any atom is -0.353 e. The Bertz CT molecular complexity index is 303. The van der Waals surface area contributed by atoms with Crippen molar-refractivity contribution >= 4 is 5.91 Å². The Hall–Kier alpha value is -1.08. The maximum Gasteiger partial charge on any atom is 0.240 e. The summed E-state index contributed by atoms with van der Waals surface area (Å²) in [7, 11) is 2.08. The van der Waals surface area contributed by atoms with Crippen molar-refractivity contribution in [3.8, 4) is 6.07 Å². The molecule has 0 aromatic heterocycles. The van der Waals surface area contributed by atoms with E-state index in [2.05, 4.69) is 23.3 Å². The molecule has 0 aromatic carbocycles. The lowest BCUT2D eigenvalue weighted by molar-refractivity contribution is -0.124. The predicted molar refractivity (Wildman–Crippen MR) is 55.9 cm³/mol. The summed E-state index contributed by atoms with van der Waals surface area (Å²) in [4.78, 5) is 13.9. The highest BCUT2D eigenvalue weighted by Gasteiger charge is 2.50. The van der Waals surface area contributed by atoms with Crippen molar-refractivity contribution < 1.29 is 4.79 Å². The molecule has 1 saturated carbocycles. The molecule has 1 aliphatic heterocycles. The van der Waals surface area contributed by atoms with E-state index in [0.29, 0.717) is 12.6 Å². The minimum absolute atomic E-state index is 0.0645. The number of nitriles is 1. The van der Waals surface area contributed by atoms with Crippen LogP contribution in [0.5, 0.6) is 0 Å². The van der Waals surface area contributed by atoms with Crippen molar-refractivity contribution in [3.63, 3.8) is 0 Å². The van der Waals surface area contributed by atoms with Gasteiger partial charge in [0.2, 0.25) is 5.91 Å². The molecule has 1 N–H and O–H groups in total. The smallest absolute Gasteiger partial charge is 0.240 e. The highest BCUT2D eigenvalue weighted by Crippen LogP contribution is 2.44. The molecule has 1 saturated heterocycles. The van der Waals surface area contributed by atoms with Crippen molar-refractivity contribution in [1.82, 2.24) is 10.2 Å². The summed E-state index contributed by atoms with van der Waals surface area (Å²) >= 11 is 0. The summed E-state index contributed by atoms with van der Waals surface area (Å²) in [5.74, 6) is -0.0645. The number of amides is 1. The fourth-order valence-corrected chi connectivity index (χ4v) is 2.13. The molecule has 15 heavy (non-hydrogen) atoms. The van der Waals surface area contributed by atoms with Gasteiger partial charge in [0.1, 0.15) is 5.41 Å². The monoisotopic (exact) mass is 207 g/mol. The molecule has 2 aliphatic rings. The molecular weight excluding hydrogens is 190 g/mol. The number of carbonyl (C=O) groups is 1. The maximum atomic E-state index is 11.7. The van der Waals surface area contributed by atoms with Gasteiger partial charge in [-0.1, -0.05) is 0 Å². The van der Waals surface area contributed by atoms with Crippen LogP contribution in [0.2, 0.25) is 0 Å². The second-order valence-electron chi connectivity index (χ2n) is 4.68. The molecule has 1 aliphatic carbocycles. The van der Waals surface area contributed by atoms with Gasteiger partial charge in [0.05, 0.1) is 6.07 Å². The Kier molecular flexibility index (Phi) is 2.66. The Morgan fingerprint density at radius 1 is 1.67 bits per heavy atom. The number of hydrogen-bond acceptors (Lipinski definition) is 3. The van der Waals surface area contributed by atoms with E-state index in [1.54, 1.807) is 0 Å². The normalized spacial score (nSPS) is 28.4. The van der Waals surface area contributed by atoms with Gasteiger partial charge in [-0.2, -0.15) is 5.26 Å². The number of carbonyl (C=O) groups excluding carboxylic acids is 1. The van der Waals surface area contributed by atoms with Crippen LogP contribution in [-0.2, 0) is 4.79 Å². The standard InChI is InChI=1S/C11H17N3O/c1-14-6-2-3-9(14)7-13-10(15)11(8-12)4-5-11/h9H,2-7H2,1H3,(H,13,15). The lowest BCUT2D eigenvalue weighted by Gasteiger charge is -2.20. The summed E-state index contributed by atoms with van der Waals surface area (Å²) in [6.07, 6.45) is 3.82. The summed E-state index contributed by atoms with van der Waals surface area (Å²) < 4.78 is 0. The van der Waals surface area contributed by atoms with E-state index in [0.717, 1.165) is 25.8 Å². The van der Waals surface area contributed by atoms with Gasteiger partial charge in [-0.15, -0.1) is 0 Å². The Morgan fingerprint density at radius 2 is 2.40 bits per heavy atom. The van der Waals surface area contributed by atoms with Crippen LogP contribution >= 0.6 is 0 Å². The predicted octanol–water partition coefficient (Wildman–Crippen LogP) is 0.501. The molecule has 0 bridgehead atoms. The topological polar surface area (TPSA) is 56.1 Å². The van der Waals surface area contributed by atoms with Crippen LogP contribution in [-0.4, -0.2) is 37.0 Å². The van der Waals surface area contributed by atoms with Crippen LogP contribution in [0.1, 0.15) is 25.7 Å². The number of hydrogen-bond donors (Lipinski definition) is 1. The van der Waals surface area contributed by atoms with E-state index >= 15 is 0 Å². The van der Waals surface area contributed by atoms with Gasteiger partial charge >= 0.3 is 0 Å². The van der Waals surface area contributed by atoms with Crippen LogP contribution in [0.25, 0.3) is 0 Å². The number of likely N-dealkylation sites (N-methyl/N-ethyl adjacent to an activating group) is 1. The van der Waals surface area contributed by atoms with Gasteiger partial charge in [0.25, 0.3) is 0 Å². The zero-order valence-corrected chi connectivity index (χ0v) is 9.12. The average molecular weight is 207 g/mol. The molecule has 82 valence electrons. The van der Waals surface area contributed by atoms with Crippen LogP contribution < -0.4 is 5.32 Å². The largest absolute Gasteiger partial charge is 0.353 e. The molecule has 2 fully saturated rings. The number of nitrogens with one attached hydrogen (secondary N) is 1. The highest BCUT2D eigenvalue weighted by molar-refractivity contribution is 5.88. The second kappa shape index (κ2) is 3.82. The molecule has 1 unspecified atom stereocenters. The third kappa shape index (κ3) is 1.98. The number of rotatable bonds is 3. The quantitative estimate of drug-likeness (QED) is 0.733. The average Bonchev–Trinajstić information content (AvgIpc) is 2.94. The first-order chi connectivity index (χ1) is 7.18. The maximum absolute atomic E-state index is 11.7. The zero-order valence-electron chi connectivity index (χ0n) is 9.12. The summed E-state index contributed by atoms with van der Waals surface area (Å²) in [5.41, 5.74) is -0.669. The summed E-state index contributed by atoms with van der Waals surface area (Å²) in [6, 6.07) is 2.57.